The highest BCUT2D eigenvalue weighted by Gasteiger charge is 2.25. The summed E-state index contributed by atoms with van der Waals surface area (Å²) < 4.78 is 32.8. The molecule has 0 aliphatic carbocycles. The molecule has 0 amide bonds. The maximum atomic E-state index is 13.3. The Bertz CT molecular complexity index is 1260. The van der Waals surface area contributed by atoms with E-state index in [4.69, 9.17) is 4.42 Å². The Morgan fingerprint density at radius 2 is 1.74 bits per heavy atom. The molecule has 0 fully saturated rings. The van der Waals surface area contributed by atoms with Crippen molar-refractivity contribution in [3.05, 3.63) is 83.6 Å². The summed E-state index contributed by atoms with van der Waals surface area (Å²) in [5, 5.41) is 7.35. The fourth-order valence-corrected chi connectivity index (χ4v) is 4.29. The summed E-state index contributed by atoms with van der Waals surface area (Å²) >= 11 is 0. The molecule has 2 aromatic carbocycles. The molecule has 0 aliphatic rings. The lowest BCUT2D eigenvalue weighted by atomic mass is 10.0. The van der Waals surface area contributed by atoms with Crippen molar-refractivity contribution in [2.24, 2.45) is 0 Å². The van der Waals surface area contributed by atoms with E-state index < -0.39 is 10.0 Å². The van der Waals surface area contributed by atoms with Crippen LogP contribution in [0.4, 0.5) is 5.95 Å². The first-order valence-corrected chi connectivity index (χ1v) is 11.4. The van der Waals surface area contributed by atoms with Gasteiger partial charge in [-0.05, 0) is 48.2 Å². The zero-order valence-electron chi connectivity index (χ0n) is 17.6. The topological polar surface area (TPSA) is 90.0 Å². The van der Waals surface area contributed by atoms with E-state index in [2.05, 4.69) is 41.4 Å². The number of nitrogens with one attached hydrogen (secondary N) is 1. The van der Waals surface area contributed by atoms with E-state index in [1.807, 2.05) is 19.1 Å². The van der Waals surface area contributed by atoms with Crippen LogP contribution >= 0.6 is 0 Å². The quantitative estimate of drug-likeness (QED) is 0.447. The molecule has 4 rings (SSSR count). The van der Waals surface area contributed by atoms with Crippen molar-refractivity contribution in [3.8, 4) is 11.6 Å². The third-order valence-electron chi connectivity index (χ3n) is 4.96. The van der Waals surface area contributed by atoms with E-state index in [-0.39, 0.29) is 16.7 Å². The van der Waals surface area contributed by atoms with Crippen LogP contribution < -0.4 is 5.32 Å². The summed E-state index contributed by atoms with van der Waals surface area (Å²) in [5.41, 5.74) is 3.22. The van der Waals surface area contributed by atoms with Crippen molar-refractivity contribution in [1.82, 2.24) is 14.2 Å². The predicted octanol–water partition coefficient (Wildman–Crippen LogP) is 4.82. The summed E-state index contributed by atoms with van der Waals surface area (Å²) in [6.45, 7) is 6.58. The zero-order chi connectivity index (χ0) is 22.0. The molecule has 7 nitrogen and oxygen atoms in total. The Hall–Kier alpha value is -3.39. The fraction of sp³-hybridized carbons (Fsp3) is 0.217. The number of rotatable bonds is 7. The molecule has 0 saturated carbocycles. The van der Waals surface area contributed by atoms with Crippen LogP contribution in [0.2, 0.25) is 0 Å². The van der Waals surface area contributed by atoms with Crippen molar-refractivity contribution in [1.29, 1.82) is 0 Å². The van der Waals surface area contributed by atoms with Crippen LogP contribution in [-0.4, -0.2) is 22.6 Å². The summed E-state index contributed by atoms with van der Waals surface area (Å²) in [6, 6.07) is 18.2. The Morgan fingerprint density at radius 3 is 2.35 bits per heavy atom. The van der Waals surface area contributed by atoms with Crippen LogP contribution in [0.15, 0.2) is 76.2 Å². The summed E-state index contributed by atoms with van der Waals surface area (Å²) in [5.74, 6) is 1.15. The minimum Gasteiger partial charge on any atom is -0.461 e. The number of benzene rings is 2. The maximum Gasteiger partial charge on any atom is 0.286 e. The molecule has 0 saturated heterocycles. The van der Waals surface area contributed by atoms with Gasteiger partial charge < -0.3 is 9.73 Å². The molecule has 0 bridgehead atoms. The van der Waals surface area contributed by atoms with Gasteiger partial charge in [0.05, 0.1) is 11.2 Å². The molecule has 0 radical (unpaired) electrons. The molecule has 2 heterocycles. The molecule has 2 aromatic heterocycles. The van der Waals surface area contributed by atoms with E-state index in [0.29, 0.717) is 18.2 Å². The minimum atomic E-state index is -3.94. The highest BCUT2D eigenvalue weighted by molar-refractivity contribution is 7.90. The highest BCUT2D eigenvalue weighted by atomic mass is 32.2. The first kappa shape index (κ1) is 20.9. The number of furan rings is 1. The van der Waals surface area contributed by atoms with Gasteiger partial charge >= 0.3 is 0 Å². The van der Waals surface area contributed by atoms with E-state index in [1.165, 1.54) is 11.8 Å². The second-order valence-electron chi connectivity index (χ2n) is 7.65. The van der Waals surface area contributed by atoms with Crippen LogP contribution in [0.5, 0.6) is 0 Å². The molecular weight excluding hydrogens is 412 g/mol. The standard InChI is InChI=1S/C23H24N4O3S/c1-16(2)19-10-8-18(9-11-19)15-24-23-25-22(21-5-4-14-30-21)26-27(23)31(28,29)20-12-6-17(3)7-13-20/h4-14,16H,15H2,1-3H3,(H,24,25,26). The number of aryl methyl sites for hydroxylation is 1. The Balaban J connectivity index is 1.68. The van der Waals surface area contributed by atoms with Crippen molar-refractivity contribution >= 4 is 16.0 Å². The average molecular weight is 437 g/mol. The summed E-state index contributed by atoms with van der Waals surface area (Å²) in [6.07, 6.45) is 1.49. The average Bonchev–Trinajstić information content (AvgIpc) is 3.43. The number of anilines is 1. The van der Waals surface area contributed by atoms with Gasteiger partial charge in [0.1, 0.15) is 0 Å². The van der Waals surface area contributed by atoms with Crippen LogP contribution in [0.1, 0.15) is 36.5 Å². The van der Waals surface area contributed by atoms with Crippen LogP contribution in [0.25, 0.3) is 11.6 Å². The fourth-order valence-electron chi connectivity index (χ4n) is 3.10. The van der Waals surface area contributed by atoms with Gasteiger partial charge in [0.25, 0.3) is 10.0 Å². The number of aromatic nitrogens is 3. The lowest BCUT2D eigenvalue weighted by molar-refractivity contribution is 0.573. The number of nitrogens with zero attached hydrogens (tertiary/aromatic N) is 3. The summed E-state index contributed by atoms with van der Waals surface area (Å²) in [7, 11) is -3.94. The van der Waals surface area contributed by atoms with Gasteiger partial charge in [0.2, 0.25) is 11.8 Å². The molecule has 0 unspecified atom stereocenters. The van der Waals surface area contributed by atoms with Crippen molar-refractivity contribution in [2.75, 3.05) is 5.32 Å². The van der Waals surface area contributed by atoms with Gasteiger partial charge in [0, 0.05) is 6.54 Å². The molecule has 1 N–H and O–H groups in total. The molecule has 0 aliphatic heterocycles. The molecular formula is C23H24N4O3S. The SMILES string of the molecule is Cc1ccc(S(=O)(=O)n2nc(-c3ccco3)nc2NCc2ccc(C(C)C)cc2)cc1. The second kappa shape index (κ2) is 8.39. The molecule has 8 heteroatoms. The number of hydrogen-bond donors (Lipinski definition) is 1. The first-order valence-electron chi connectivity index (χ1n) is 10.0. The monoisotopic (exact) mass is 436 g/mol. The Labute approximate surface area is 181 Å². The molecule has 0 atom stereocenters. The molecule has 31 heavy (non-hydrogen) atoms. The van der Waals surface area contributed by atoms with E-state index >= 15 is 0 Å². The lowest BCUT2D eigenvalue weighted by Crippen LogP contribution is -2.18. The van der Waals surface area contributed by atoms with E-state index in [9.17, 15) is 8.42 Å². The van der Waals surface area contributed by atoms with Gasteiger partial charge in [-0.3, -0.25) is 0 Å². The highest BCUT2D eigenvalue weighted by Crippen LogP contribution is 2.24. The van der Waals surface area contributed by atoms with E-state index in [1.54, 1.807) is 36.4 Å². The van der Waals surface area contributed by atoms with Crippen molar-refractivity contribution < 1.29 is 12.8 Å². The van der Waals surface area contributed by atoms with Crippen molar-refractivity contribution in [3.63, 3.8) is 0 Å². The molecule has 160 valence electrons. The maximum absolute atomic E-state index is 13.3. The molecule has 0 spiro atoms. The smallest absolute Gasteiger partial charge is 0.286 e. The van der Waals surface area contributed by atoms with Gasteiger partial charge in [-0.1, -0.05) is 55.8 Å². The first-order chi connectivity index (χ1) is 14.8. The van der Waals surface area contributed by atoms with Crippen LogP contribution in [-0.2, 0) is 16.6 Å². The minimum absolute atomic E-state index is 0.125. The second-order valence-corrected chi connectivity index (χ2v) is 9.41. The van der Waals surface area contributed by atoms with Gasteiger partial charge in [-0.15, -0.1) is 9.19 Å². The third kappa shape index (κ3) is 4.39. The van der Waals surface area contributed by atoms with Gasteiger partial charge in [-0.2, -0.15) is 13.4 Å². The van der Waals surface area contributed by atoms with Crippen LogP contribution in [0, 0.1) is 6.92 Å². The summed E-state index contributed by atoms with van der Waals surface area (Å²) in [4.78, 5) is 4.53. The molecule has 4 aromatic rings. The number of hydrogen-bond acceptors (Lipinski definition) is 6. The zero-order valence-corrected chi connectivity index (χ0v) is 18.4. The van der Waals surface area contributed by atoms with Gasteiger partial charge in [-0.25, -0.2) is 0 Å². The van der Waals surface area contributed by atoms with Crippen molar-refractivity contribution in [2.45, 2.75) is 38.1 Å². The Morgan fingerprint density at radius 1 is 1.03 bits per heavy atom. The van der Waals surface area contributed by atoms with Crippen LogP contribution in [0.3, 0.4) is 0 Å². The third-order valence-corrected chi connectivity index (χ3v) is 6.54. The predicted molar refractivity (Wildman–Crippen MR) is 119 cm³/mol. The lowest BCUT2D eigenvalue weighted by Gasteiger charge is -2.10. The normalized spacial score (nSPS) is 11.7. The van der Waals surface area contributed by atoms with Gasteiger partial charge in [0.15, 0.2) is 5.76 Å². The Kier molecular flexibility index (Phi) is 5.65. The largest absolute Gasteiger partial charge is 0.461 e. The van der Waals surface area contributed by atoms with E-state index in [0.717, 1.165) is 15.2 Å².